The number of ether oxygens (including phenoxy) is 3. The van der Waals surface area contributed by atoms with Gasteiger partial charge in [-0.05, 0) is 44.6 Å². The molecule has 1 atom stereocenters. The number of nitrogens with one attached hydrogen (secondary N) is 2. The predicted octanol–water partition coefficient (Wildman–Crippen LogP) is 3.59. The van der Waals surface area contributed by atoms with Gasteiger partial charge in [-0.2, -0.15) is 0 Å². The van der Waals surface area contributed by atoms with Crippen LogP contribution in [0.1, 0.15) is 68.1 Å². The van der Waals surface area contributed by atoms with E-state index < -0.39 is 53.3 Å². The third kappa shape index (κ3) is 5.60. The largest absolute Gasteiger partial charge is 0.522 e. The Labute approximate surface area is 213 Å². The Morgan fingerprint density at radius 1 is 1.03 bits per heavy atom. The summed E-state index contributed by atoms with van der Waals surface area (Å²) in [4.78, 5) is 38.2. The van der Waals surface area contributed by atoms with Crippen LogP contribution in [0.5, 0.6) is 5.75 Å². The van der Waals surface area contributed by atoms with Gasteiger partial charge in [-0.15, -0.1) is 18.6 Å². The summed E-state index contributed by atoms with van der Waals surface area (Å²) >= 11 is 0. The molecule has 14 heteroatoms. The van der Waals surface area contributed by atoms with Crippen molar-refractivity contribution in [3.05, 3.63) is 34.2 Å². The first-order valence-electron chi connectivity index (χ1n) is 12.4. The number of fused-ring (bicyclic) bond motifs is 4. The summed E-state index contributed by atoms with van der Waals surface area (Å²) in [6.45, 7) is -0.262. The van der Waals surface area contributed by atoms with E-state index in [2.05, 4.69) is 15.5 Å². The number of nitrogens with zero attached hydrogens (tertiary/aromatic N) is 1. The third-order valence-electron chi connectivity index (χ3n) is 8.01. The molecule has 1 amide bonds. The molecule has 4 aliphatic carbocycles. The zero-order chi connectivity index (χ0) is 27.3. The number of amides is 1. The first-order chi connectivity index (χ1) is 17.8. The lowest BCUT2D eigenvalue weighted by Gasteiger charge is -2.51. The number of rotatable bonds is 8. The molecule has 5 aliphatic rings. The number of benzene rings is 1. The summed E-state index contributed by atoms with van der Waals surface area (Å²) < 4.78 is 78.5. The highest BCUT2D eigenvalue weighted by Crippen LogP contribution is 2.47. The zero-order valence-corrected chi connectivity index (χ0v) is 20.2. The van der Waals surface area contributed by atoms with E-state index in [4.69, 9.17) is 9.47 Å². The first kappa shape index (κ1) is 26.7. The monoisotopic (exact) mass is 548 g/mol. The number of nitroso groups, excluding NO2 is 1. The Balaban J connectivity index is 1.08. The number of hydrogen-bond acceptors (Lipinski definition) is 6. The van der Waals surface area contributed by atoms with E-state index in [1.165, 1.54) is 0 Å². The summed E-state index contributed by atoms with van der Waals surface area (Å²) in [5.41, 5.74) is 1.78. The van der Waals surface area contributed by atoms with Gasteiger partial charge in [0.1, 0.15) is 18.8 Å². The summed E-state index contributed by atoms with van der Waals surface area (Å²) in [6, 6.07) is 1.51. The maximum absolute atomic E-state index is 13.6. The Hall–Kier alpha value is -2.87. The quantitative estimate of drug-likeness (QED) is 0.291. The number of carbonyl (C=O) groups excluding carboxylic acids is 2. The second-order valence-electron chi connectivity index (χ2n) is 10.6. The average molecular weight is 548 g/mol. The molecule has 0 aromatic heterocycles. The number of hydrogen-bond donors (Lipinski definition) is 2. The van der Waals surface area contributed by atoms with Crippen molar-refractivity contribution in [2.75, 3.05) is 6.61 Å². The summed E-state index contributed by atoms with van der Waals surface area (Å²) in [6.07, 6.45) is -4.08. The normalized spacial score (nSPS) is 32.1. The highest BCUT2D eigenvalue weighted by molar-refractivity contribution is 5.99. The van der Waals surface area contributed by atoms with Crippen LogP contribution in [-0.4, -0.2) is 59.0 Å². The van der Waals surface area contributed by atoms with Gasteiger partial charge in [-0.25, -0.2) is 8.78 Å². The fourth-order valence-electron chi connectivity index (χ4n) is 5.74. The number of ketones is 1. The van der Waals surface area contributed by atoms with E-state index in [0.717, 1.165) is 12.1 Å². The van der Waals surface area contributed by atoms with Gasteiger partial charge < -0.3 is 14.8 Å². The minimum absolute atomic E-state index is 0.0749. The van der Waals surface area contributed by atoms with Crippen molar-refractivity contribution in [1.29, 1.82) is 0 Å². The molecular weight excluding hydrogens is 521 g/mol. The van der Waals surface area contributed by atoms with Gasteiger partial charge in [-0.3, -0.25) is 14.3 Å². The minimum atomic E-state index is -4.69. The lowest BCUT2D eigenvalue weighted by molar-refractivity contribution is -0.682. The second-order valence-corrected chi connectivity index (χ2v) is 10.6. The van der Waals surface area contributed by atoms with Gasteiger partial charge in [0.05, 0.1) is 28.2 Å². The predicted molar refractivity (Wildman–Crippen MR) is 118 cm³/mol. The highest BCUT2D eigenvalue weighted by atomic mass is 19.4. The third-order valence-corrected chi connectivity index (χ3v) is 8.01. The zero-order valence-electron chi connectivity index (χ0n) is 20.2. The van der Waals surface area contributed by atoms with E-state index in [-0.39, 0.29) is 43.1 Å². The van der Waals surface area contributed by atoms with Crippen molar-refractivity contribution in [2.24, 2.45) is 0 Å². The molecule has 0 unspecified atom stereocenters. The molecule has 0 radical (unpaired) electrons. The Morgan fingerprint density at radius 3 is 2.26 bits per heavy atom. The van der Waals surface area contributed by atoms with Crippen molar-refractivity contribution < 1.29 is 50.6 Å². The Kier molecular flexibility index (Phi) is 6.83. The Bertz CT molecular complexity index is 1110. The van der Waals surface area contributed by atoms with Crippen molar-refractivity contribution >= 4 is 11.7 Å². The molecule has 9 nitrogen and oxygen atoms in total. The standard InChI is InChI=1S/C24H26F5N3O6/c25-16-9-15-18(33)11-21(37-19(15)10-17(16)26)32(35)31-23-4-1-22(2-5-23,3-6-23)30-20(34)12-36-13-7-14(8-13)38-24(27,28)29/h9-10,13-14,21H,1-8,11-12H2,(H-,30,31,34,35)/p+1/t13?,14?,21-,22?,23?/m1/s1. The number of carbonyl (C=O) groups is 2. The summed E-state index contributed by atoms with van der Waals surface area (Å²) in [7, 11) is 0. The van der Waals surface area contributed by atoms with Crippen LogP contribution < -0.4 is 15.5 Å². The van der Waals surface area contributed by atoms with Gasteiger partial charge >= 0.3 is 12.6 Å². The van der Waals surface area contributed by atoms with Crippen LogP contribution in [0.2, 0.25) is 0 Å². The van der Waals surface area contributed by atoms with Gasteiger partial charge in [-0.1, -0.05) is 0 Å². The van der Waals surface area contributed by atoms with Crippen LogP contribution in [0.25, 0.3) is 0 Å². The SMILES string of the molecule is O=C(COC1CC(OC(F)(F)F)C1)NC12CCC(N[N+](=O)[C@H]3CC(=O)c4cc(F)c(F)cc4O3)(CC1)CC2. The molecular formula is C24H27F5N3O6+. The van der Waals surface area contributed by atoms with Crippen molar-refractivity contribution in [3.63, 3.8) is 0 Å². The van der Waals surface area contributed by atoms with Gasteiger partial charge in [0.15, 0.2) is 22.3 Å². The fourth-order valence-corrected chi connectivity index (χ4v) is 5.74. The fraction of sp³-hybridized carbons (Fsp3) is 0.667. The molecule has 1 aromatic carbocycles. The van der Waals surface area contributed by atoms with Crippen LogP contribution in [0.4, 0.5) is 22.0 Å². The maximum atomic E-state index is 13.6. The van der Waals surface area contributed by atoms with Gasteiger partial charge in [0, 0.05) is 24.4 Å². The molecule has 6 rings (SSSR count). The molecule has 38 heavy (non-hydrogen) atoms. The van der Waals surface area contributed by atoms with Crippen LogP contribution in [0.3, 0.4) is 0 Å². The molecule has 2 N–H and O–H groups in total. The molecule has 0 saturated heterocycles. The first-order valence-corrected chi connectivity index (χ1v) is 12.4. The van der Waals surface area contributed by atoms with E-state index in [0.29, 0.717) is 43.4 Å². The topological polar surface area (TPSA) is 106 Å². The molecule has 2 bridgehead atoms. The van der Waals surface area contributed by atoms with Gasteiger partial charge in [0.25, 0.3) is 0 Å². The summed E-state index contributed by atoms with van der Waals surface area (Å²) in [5, 5.41) is 3.00. The van der Waals surface area contributed by atoms with Crippen LogP contribution in [0, 0.1) is 16.5 Å². The van der Waals surface area contributed by atoms with Crippen LogP contribution >= 0.6 is 0 Å². The molecule has 1 aliphatic heterocycles. The molecule has 1 heterocycles. The lowest BCUT2D eigenvalue weighted by atomic mass is 9.61. The van der Waals surface area contributed by atoms with Crippen molar-refractivity contribution in [3.8, 4) is 5.75 Å². The minimum Gasteiger partial charge on any atom is -0.427 e. The molecule has 4 saturated carbocycles. The lowest BCUT2D eigenvalue weighted by Crippen LogP contribution is -2.65. The number of alkyl halides is 3. The number of halogens is 5. The van der Waals surface area contributed by atoms with E-state index in [1.807, 2.05) is 0 Å². The van der Waals surface area contributed by atoms with Crippen LogP contribution in [0.15, 0.2) is 12.1 Å². The van der Waals surface area contributed by atoms with Crippen LogP contribution in [-0.2, 0) is 14.3 Å². The van der Waals surface area contributed by atoms with E-state index >= 15 is 0 Å². The van der Waals surface area contributed by atoms with Gasteiger partial charge in [0.2, 0.25) is 5.91 Å². The van der Waals surface area contributed by atoms with E-state index in [1.54, 1.807) is 0 Å². The molecule has 208 valence electrons. The summed E-state index contributed by atoms with van der Waals surface area (Å²) in [5.74, 6) is -3.43. The number of Topliss-reactive ketones (excluding diaryl/α,β-unsaturated/α-hetero) is 1. The molecule has 0 spiro atoms. The molecule has 1 aromatic rings. The second kappa shape index (κ2) is 9.70. The Morgan fingerprint density at radius 2 is 1.63 bits per heavy atom. The maximum Gasteiger partial charge on any atom is 0.522 e. The van der Waals surface area contributed by atoms with Crippen molar-refractivity contribution in [2.45, 2.75) is 93.7 Å². The van der Waals surface area contributed by atoms with Crippen molar-refractivity contribution in [1.82, 2.24) is 10.7 Å². The van der Waals surface area contributed by atoms with E-state index in [9.17, 15) is 36.4 Å². The highest BCUT2D eigenvalue weighted by Gasteiger charge is 2.53. The molecule has 4 fully saturated rings. The number of hydrazine groups is 1. The average Bonchev–Trinajstić information content (AvgIpc) is 2.82. The smallest absolute Gasteiger partial charge is 0.427 e.